The van der Waals surface area contributed by atoms with Gasteiger partial charge >= 0.3 is 0 Å². The highest BCUT2D eigenvalue weighted by atomic mass is 16.3. The number of aryl methyl sites for hydroxylation is 2. The summed E-state index contributed by atoms with van der Waals surface area (Å²) in [5.74, 6) is 0. The lowest BCUT2D eigenvalue weighted by atomic mass is 9.80. The van der Waals surface area contributed by atoms with Gasteiger partial charge in [-0.3, -0.25) is 5.32 Å². The van der Waals surface area contributed by atoms with E-state index in [2.05, 4.69) is 49.5 Å². The van der Waals surface area contributed by atoms with Crippen LogP contribution in [0.4, 0.5) is 0 Å². The van der Waals surface area contributed by atoms with Crippen LogP contribution in [0.5, 0.6) is 0 Å². The highest BCUT2D eigenvalue weighted by molar-refractivity contribution is 5.44. The van der Waals surface area contributed by atoms with Crippen molar-refractivity contribution in [2.24, 2.45) is 0 Å². The van der Waals surface area contributed by atoms with Crippen molar-refractivity contribution >= 4 is 0 Å². The number of benzene rings is 2. The van der Waals surface area contributed by atoms with E-state index in [9.17, 15) is 5.11 Å². The second kappa shape index (κ2) is 5.63. The molecule has 1 atom stereocenters. The van der Waals surface area contributed by atoms with Crippen LogP contribution < -0.4 is 5.32 Å². The molecule has 0 bridgehead atoms. The molecule has 2 aromatic carbocycles. The minimum absolute atomic E-state index is 0.0669. The third kappa shape index (κ3) is 2.74. The molecule has 110 valence electrons. The molecule has 21 heavy (non-hydrogen) atoms. The van der Waals surface area contributed by atoms with Crippen molar-refractivity contribution in [3.63, 3.8) is 0 Å². The molecule has 2 aromatic rings. The molecule has 1 saturated carbocycles. The molecule has 2 N–H and O–H groups in total. The topological polar surface area (TPSA) is 32.3 Å². The summed E-state index contributed by atoms with van der Waals surface area (Å²) in [7, 11) is 0. The van der Waals surface area contributed by atoms with Gasteiger partial charge in [-0.1, -0.05) is 54.1 Å². The lowest BCUT2D eigenvalue weighted by molar-refractivity contribution is 0.188. The summed E-state index contributed by atoms with van der Waals surface area (Å²) in [4.78, 5) is 0. The molecule has 0 heterocycles. The molecule has 2 nitrogen and oxygen atoms in total. The predicted octanol–water partition coefficient (Wildman–Crippen LogP) is 3.29. The fraction of sp³-hybridized carbons (Fsp3) is 0.368. The summed E-state index contributed by atoms with van der Waals surface area (Å²) >= 11 is 0. The van der Waals surface area contributed by atoms with E-state index >= 15 is 0 Å². The zero-order chi connectivity index (χ0) is 14.9. The Labute approximate surface area is 126 Å². The first-order valence-electron chi connectivity index (χ1n) is 7.67. The van der Waals surface area contributed by atoms with Gasteiger partial charge in [0.15, 0.2) is 0 Å². The lowest BCUT2D eigenvalue weighted by Gasteiger charge is -2.36. The molecule has 0 spiro atoms. The van der Waals surface area contributed by atoms with E-state index in [1.165, 1.54) is 29.5 Å². The maximum Gasteiger partial charge on any atom is 0.0929 e. The maximum atomic E-state index is 10.3. The average Bonchev–Trinajstić information content (AvgIpc) is 3.30. The van der Waals surface area contributed by atoms with E-state index in [0.717, 1.165) is 5.56 Å². The molecule has 1 unspecified atom stereocenters. The molecule has 3 rings (SSSR count). The Morgan fingerprint density at radius 3 is 2.38 bits per heavy atom. The third-order valence-electron chi connectivity index (χ3n) is 4.37. The number of hydrogen-bond acceptors (Lipinski definition) is 2. The number of hydrogen-bond donors (Lipinski definition) is 2. The SMILES string of the molecule is Cc1ccc(C(CO)(NC2CC2)c2ccccc2)c(C)c1. The van der Waals surface area contributed by atoms with E-state index in [0.29, 0.717) is 6.04 Å². The van der Waals surface area contributed by atoms with Crippen LogP contribution in [0.15, 0.2) is 48.5 Å². The van der Waals surface area contributed by atoms with Crippen LogP contribution in [0.25, 0.3) is 0 Å². The minimum Gasteiger partial charge on any atom is -0.394 e. The van der Waals surface area contributed by atoms with E-state index in [-0.39, 0.29) is 6.61 Å². The van der Waals surface area contributed by atoms with Gasteiger partial charge in [0.2, 0.25) is 0 Å². The monoisotopic (exact) mass is 281 g/mol. The number of rotatable bonds is 5. The molecular weight excluding hydrogens is 258 g/mol. The van der Waals surface area contributed by atoms with Crippen LogP contribution in [0, 0.1) is 13.8 Å². The summed E-state index contributed by atoms with van der Waals surface area (Å²) in [6.07, 6.45) is 2.39. The summed E-state index contributed by atoms with van der Waals surface area (Å²) in [5, 5.41) is 14.0. The molecular formula is C19H23NO. The third-order valence-corrected chi connectivity index (χ3v) is 4.37. The highest BCUT2D eigenvalue weighted by Crippen LogP contribution is 2.35. The Bertz CT molecular complexity index is 619. The summed E-state index contributed by atoms with van der Waals surface area (Å²) in [6.45, 7) is 4.30. The van der Waals surface area contributed by atoms with Crippen molar-refractivity contribution in [3.8, 4) is 0 Å². The smallest absolute Gasteiger partial charge is 0.0929 e. The summed E-state index contributed by atoms with van der Waals surface area (Å²) < 4.78 is 0. The van der Waals surface area contributed by atoms with Gasteiger partial charge in [0.1, 0.15) is 0 Å². The quantitative estimate of drug-likeness (QED) is 0.881. The molecule has 0 radical (unpaired) electrons. The summed E-state index contributed by atoms with van der Waals surface area (Å²) in [5.41, 5.74) is 4.28. The van der Waals surface area contributed by atoms with Crippen molar-refractivity contribution < 1.29 is 5.11 Å². The lowest BCUT2D eigenvalue weighted by Crippen LogP contribution is -2.48. The van der Waals surface area contributed by atoms with Gasteiger partial charge < -0.3 is 5.11 Å². The van der Waals surface area contributed by atoms with Crippen molar-refractivity contribution in [2.45, 2.75) is 38.3 Å². The van der Waals surface area contributed by atoms with Crippen molar-refractivity contribution in [2.75, 3.05) is 6.61 Å². The van der Waals surface area contributed by atoms with E-state index in [1.54, 1.807) is 0 Å². The van der Waals surface area contributed by atoms with Gasteiger partial charge in [0.25, 0.3) is 0 Å². The van der Waals surface area contributed by atoms with Crippen LogP contribution in [0.2, 0.25) is 0 Å². The first-order chi connectivity index (χ1) is 10.2. The second-order valence-corrected chi connectivity index (χ2v) is 6.17. The van der Waals surface area contributed by atoms with E-state index in [4.69, 9.17) is 0 Å². The Balaban J connectivity index is 2.14. The van der Waals surface area contributed by atoms with Crippen LogP contribution in [-0.2, 0) is 5.54 Å². The minimum atomic E-state index is -0.500. The first-order valence-corrected chi connectivity index (χ1v) is 7.67. The van der Waals surface area contributed by atoms with Crippen LogP contribution in [0.3, 0.4) is 0 Å². The Morgan fingerprint density at radius 2 is 1.81 bits per heavy atom. The molecule has 2 heteroatoms. The van der Waals surface area contributed by atoms with Gasteiger partial charge in [-0.25, -0.2) is 0 Å². The standard InChI is InChI=1S/C19H23NO/c1-14-8-11-18(15(2)12-14)19(13-21,20-17-9-10-17)16-6-4-3-5-7-16/h3-8,11-12,17,20-21H,9-10,13H2,1-2H3. The first kappa shape index (κ1) is 14.3. The van der Waals surface area contributed by atoms with Crippen molar-refractivity contribution in [1.29, 1.82) is 0 Å². The molecule has 1 aliphatic carbocycles. The Hall–Kier alpha value is -1.64. The van der Waals surface area contributed by atoms with Gasteiger partial charge in [-0.15, -0.1) is 0 Å². The molecule has 1 aliphatic rings. The molecule has 1 fully saturated rings. The average molecular weight is 281 g/mol. The zero-order valence-electron chi connectivity index (χ0n) is 12.8. The number of aliphatic hydroxyl groups is 1. The Kier molecular flexibility index (Phi) is 3.83. The number of nitrogens with one attached hydrogen (secondary N) is 1. The predicted molar refractivity (Wildman–Crippen MR) is 86.4 cm³/mol. The zero-order valence-corrected chi connectivity index (χ0v) is 12.8. The number of aliphatic hydroxyl groups excluding tert-OH is 1. The van der Waals surface area contributed by atoms with Crippen molar-refractivity contribution in [3.05, 3.63) is 70.8 Å². The van der Waals surface area contributed by atoms with Crippen LogP contribution >= 0.6 is 0 Å². The molecule has 0 saturated heterocycles. The molecule has 0 amide bonds. The highest BCUT2D eigenvalue weighted by Gasteiger charge is 2.39. The second-order valence-electron chi connectivity index (χ2n) is 6.17. The Morgan fingerprint density at radius 1 is 1.10 bits per heavy atom. The van der Waals surface area contributed by atoms with Gasteiger partial charge in [-0.2, -0.15) is 0 Å². The normalized spacial score (nSPS) is 17.5. The largest absolute Gasteiger partial charge is 0.394 e. The van der Waals surface area contributed by atoms with Gasteiger partial charge in [-0.05, 0) is 43.4 Å². The van der Waals surface area contributed by atoms with Crippen LogP contribution in [0.1, 0.15) is 35.1 Å². The molecule has 0 aliphatic heterocycles. The fourth-order valence-corrected chi connectivity index (χ4v) is 3.13. The van der Waals surface area contributed by atoms with Gasteiger partial charge in [0, 0.05) is 6.04 Å². The summed E-state index contributed by atoms with van der Waals surface area (Å²) in [6, 6.07) is 17.3. The van der Waals surface area contributed by atoms with Crippen molar-refractivity contribution in [1.82, 2.24) is 5.32 Å². The van der Waals surface area contributed by atoms with Crippen LogP contribution in [-0.4, -0.2) is 17.8 Å². The maximum absolute atomic E-state index is 10.3. The van der Waals surface area contributed by atoms with E-state index < -0.39 is 5.54 Å². The molecule has 0 aromatic heterocycles. The van der Waals surface area contributed by atoms with E-state index in [1.807, 2.05) is 18.2 Å². The fourth-order valence-electron chi connectivity index (χ4n) is 3.13. The van der Waals surface area contributed by atoms with Gasteiger partial charge in [0.05, 0.1) is 12.1 Å².